The van der Waals surface area contributed by atoms with Gasteiger partial charge >= 0.3 is 0 Å². The fraction of sp³-hybridized carbons (Fsp3) is 0.433. The van der Waals surface area contributed by atoms with Gasteiger partial charge in [-0.3, -0.25) is 0 Å². The Labute approximate surface area is 198 Å². The van der Waals surface area contributed by atoms with Crippen molar-refractivity contribution >= 4 is 11.4 Å². The molecule has 0 unspecified atom stereocenters. The highest BCUT2D eigenvalue weighted by Crippen LogP contribution is 2.50. The number of carbonyl (C=O) groups excluding carboxylic acids is 1. The van der Waals surface area contributed by atoms with Crippen molar-refractivity contribution in [1.29, 1.82) is 0 Å². The molecule has 0 atom stereocenters. The fourth-order valence-corrected chi connectivity index (χ4v) is 4.72. The maximum Gasteiger partial charge on any atom is 0.135 e. The molecule has 0 radical (unpaired) electrons. The van der Waals surface area contributed by atoms with Gasteiger partial charge in [0.15, 0.2) is 0 Å². The van der Waals surface area contributed by atoms with Gasteiger partial charge in [-0.05, 0) is 81.2 Å². The molecule has 0 aromatic heterocycles. The van der Waals surface area contributed by atoms with Crippen molar-refractivity contribution in [3.05, 3.63) is 83.2 Å². The zero-order chi connectivity index (χ0) is 23.7. The Morgan fingerprint density at radius 1 is 1.03 bits per heavy atom. The number of hydrogen-bond acceptors (Lipinski definition) is 2. The number of ether oxygens (including phenoxy) is 1. The Balaban J connectivity index is 0.000000968. The Bertz CT molecular complexity index is 979. The van der Waals surface area contributed by atoms with E-state index in [-0.39, 0.29) is 17.2 Å². The van der Waals surface area contributed by atoms with E-state index in [9.17, 15) is 9.18 Å². The zero-order valence-corrected chi connectivity index (χ0v) is 20.3. The van der Waals surface area contributed by atoms with Gasteiger partial charge in [0.05, 0.1) is 0 Å². The molecular weight excluding hydrogens is 411 g/mol. The number of unbranched alkanes of at least 4 members (excludes halogenated alkanes) is 2. The average Bonchev–Trinajstić information content (AvgIpc) is 3.26. The van der Waals surface area contributed by atoms with Gasteiger partial charge in [-0.25, -0.2) is 4.39 Å². The van der Waals surface area contributed by atoms with E-state index in [2.05, 4.69) is 32.1 Å². The van der Waals surface area contributed by atoms with Crippen LogP contribution < -0.4 is 4.74 Å². The summed E-state index contributed by atoms with van der Waals surface area (Å²) >= 11 is 0. The van der Waals surface area contributed by atoms with E-state index >= 15 is 0 Å². The van der Waals surface area contributed by atoms with Gasteiger partial charge in [0.1, 0.15) is 23.0 Å². The Hall–Kier alpha value is -2.68. The summed E-state index contributed by atoms with van der Waals surface area (Å²) in [7, 11) is 0. The second-order valence-electron chi connectivity index (χ2n) is 9.15. The van der Waals surface area contributed by atoms with Crippen LogP contribution in [-0.4, -0.2) is 11.4 Å². The van der Waals surface area contributed by atoms with Crippen LogP contribution in [0.5, 0.6) is 5.75 Å². The first-order valence-electron chi connectivity index (χ1n) is 12.5. The van der Waals surface area contributed by atoms with Gasteiger partial charge in [-0.1, -0.05) is 62.8 Å². The normalized spacial score (nSPS) is 16.4. The molecule has 1 aliphatic heterocycles. The topological polar surface area (TPSA) is 26.3 Å². The van der Waals surface area contributed by atoms with Crippen LogP contribution in [0.3, 0.4) is 0 Å². The van der Waals surface area contributed by atoms with Gasteiger partial charge in [-0.15, -0.1) is 0 Å². The van der Waals surface area contributed by atoms with Crippen LogP contribution in [0.2, 0.25) is 0 Å². The first-order valence-corrected chi connectivity index (χ1v) is 12.5. The first-order chi connectivity index (χ1) is 16.0. The molecule has 0 saturated heterocycles. The molecule has 0 N–H and O–H groups in total. The Morgan fingerprint density at radius 3 is 2.36 bits per heavy atom. The lowest BCUT2D eigenvalue weighted by molar-refractivity contribution is -0.117. The molecule has 1 spiro atoms. The standard InChI is InChI=1S/C27H29FO2.C3H8/c1-20(29)10-4-2-3-5-12-24-26(21-14-16-22(28)17-15-21)23-11-6-7-13-25(23)30-27(24)18-8-9-19-27;1-3-2/h5-7,11-17H,2-4,8-10,18-19H2,1H3;3H2,1-2H3/b12-5+;. The molecular formula is C30H37FO2. The average molecular weight is 449 g/mol. The van der Waals surface area contributed by atoms with Gasteiger partial charge in [0.25, 0.3) is 0 Å². The van der Waals surface area contributed by atoms with Crippen LogP contribution in [0.4, 0.5) is 4.39 Å². The summed E-state index contributed by atoms with van der Waals surface area (Å²) < 4.78 is 20.3. The molecule has 2 aromatic carbocycles. The molecule has 176 valence electrons. The third kappa shape index (κ3) is 6.22. The molecule has 1 aliphatic carbocycles. The number of benzene rings is 2. The van der Waals surface area contributed by atoms with E-state index in [1.807, 2.05) is 30.3 Å². The number of Topliss-reactive ketones (excluding diaryl/α,β-unsaturated/α-hetero) is 1. The summed E-state index contributed by atoms with van der Waals surface area (Å²) in [5, 5.41) is 0. The minimum Gasteiger partial charge on any atom is -0.482 e. The van der Waals surface area contributed by atoms with Crippen molar-refractivity contribution in [2.75, 3.05) is 0 Å². The van der Waals surface area contributed by atoms with Crippen molar-refractivity contribution in [1.82, 2.24) is 0 Å². The minimum atomic E-state index is -0.312. The number of para-hydroxylation sites is 1. The van der Waals surface area contributed by atoms with Gasteiger partial charge in [0, 0.05) is 17.6 Å². The maximum absolute atomic E-state index is 13.6. The predicted octanol–water partition coefficient (Wildman–Crippen LogP) is 8.45. The Morgan fingerprint density at radius 2 is 1.70 bits per heavy atom. The number of allylic oxidation sites excluding steroid dienone is 1. The van der Waals surface area contributed by atoms with Crippen LogP contribution >= 0.6 is 0 Å². The highest BCUT2D eigenvalue weighted by atomic mass is 19.1. The molecule has 0 bridgehead atoms. The molecule has 33 heavy (non-hydrogen) atoms. The largest absolute Gasteiger partial charge is 0.482 e. The summed E-state index contributed by atoms with van der Waals surface area (Å²) in [6.45, 7) is 5.90. The predicted molar refractivity (Wildman–Crippen MR) is 135 cm³/mol. The monoisotopic (exact) mass is 448 g/mol. The molecule has 2 aromatic rings. The maximum atomic E-state index is 13.6. The molecule has 1 heterocycles. The van der Waals surface area contributed by atoms with E-state index in [0.29, 0.717) is 6.42 Å². The summed E-state index contributed by atoms with van der Waals surface area (Å²) in [4.78, 5) is 11.2. The molecule has 1 fully saturated rings. The molecule has 3 heteroatoms. The number of fused-ring (bicyclic) bond motifs is 1. The van der Waals surface area contributed by atoms with Crippen LogP contribution in [0.15, 0.2) is 66.3 Å². The van der Waals surface area contributed by atoms with Crippen LogP contribution in [0, 0.1) is 5.82 Å². The van der Waals surface area contributed by atoms with E-state index in [1.54, 1.807) is 6.92 Å². The van der Waals surface area contributed by atoms with Gasteiger partial charge in [-0.2, -0.15) is 0 Å². The number of halogens is 1. The van der Waals surface area contributed by atoms with Crippen LogP contribution in [0.1, 0.15) is 89.7 Å². The lowest BCUT2D eigenvalue weighted by atomic mass is 9.79. The highest BCUT2D eigenvalue weighted by Gasteiger charge is 2.44. The van der Waals surface area contributed by atoms with Crippen molar-refractivity contribution in [3.8, 4) is 5.75 Å². The van der Waals surface area contributed by atoms with E-state index in [4.69, 9.17) is 4.74 Å². The summed E-state index contributed by atoms with van der Waals surface area (Å²) in [6.07, 6.45) is 13.5. The summed E-state index contributed by atoms with van der Waals surface area (Å²) in [5.74, 6) is 0.942. The lowest BCUT2D eigenvalue weighted by Crippen LogP contribution is -2.38. The first kappa shape index (κ1) is 25.0. The van der Waals surface area contributed by atoms with Crippen LogP contribution in [0.25, 0.3) is 5.57 Å². The molecule has 0 amide bonds. The van der Waals surface area contributed by atoms with Crippen molar-refractivity contribution in [2.45, 2.75) is 84.2 Å². The summed E-state index contributed by atoms with van der Waals surface area (Å²) in [5.41, 5.74) is 4.14. The quantitative estimate of drug-likeness (QED) is 0.397. The van der Waals surface area contributed by atoms with Crippen molar-refractivity contribution in [2.24, 2.45) is 0 Å². The smallest absolute Gasteiger partial charge is 0.135 e. The fourth-order valence-electron chi connectivity index (χ4n) is 4.72. The highest BCUT2D eigenvalue weighted by molar-refractivity contribution is 5.88. The number of ketones is 1. The van der Waals surface area contributed by atoms with Crippen molar-refractivity contribution in [3.63, 3.8) is 0 Å². The van der Waals surface area contributed by atoms with E-state index in [0.717, 1.165) is 67.4 Å². The minimum absolute atomic E-state index is 0.224. The second kappa shape index (κ2) is 12.0. The second-order valence-corrected chi connectivity index (χ2v) is 9.15. The van der Waals surface area contributed by atoms with Gasteiger partial charge in [0.2, 0.25) is 0 Å². The van der Waals surface area contributed by atoms with Crippen molar-refractivity contribution < 1.29 is 13.9 Å². The van der Waals surface area contributed by atoms with E-state index < -0.39 is 0 Å². The third-order valence-electron chi connectivity index (χ3n) is 6.20. The van der Waals surface area contributed by atoms with Crippen LogP contribution in [-0.2, 0) is 4.79 Å². The zero-order valence-electron chi connectivity index (χ0n) is 20.3. The van der Waals surface area contributed by atoms with Gasteiger partial charge < -0.3 is 9.53 Å². The molecule has 2 aliphatic rings. The summed E-state index contributed by atoms with van der Waals surface area (Å²) in [6, 6.07) is 15.0. The molecule has 4 rings (SSSR count). The Kier molecular flexibility index (Phi) is 9.05. The van der Waals surface area contributed by atoms with E-state index in [1.165, 1.54) is 24.1 Å². The number of rotatable bonds is 7. The SMILES string of the molecule is CC(=O)CCCC/C=C/C1=C(c2ccc(F)cc2)c2ccccc2OC12CCCC2.CCC. The number of carbonyl (C=O) groups is 1. The third-order valence-corrected chi connectivity index (χ3v) is 6.20. The lowest BCUT2D eigenvalue weighted by Gasteiger charge is -2.39. The molecule has 2 nitrogen and oxygen atoms in total. The molecule has 1 saturated carbocycles. The number of hydrogen-bond donors (Lipinski definition) is 0.